The first-order valence-corrected chi connectivity index (χ1v) is 8.51. The van der Waals surface area contributed by atoms with Crippen molar-refractivity contribution in [1.82, 2.24) is 0 Å². The molecule has 0 N–H and O–H groups in total. The topological polar surface area (TPSA) is 36.9 Å². The summed E-state index contributed by atoms with van der Waals surface area (Å²) >= 11 is 0. The van der Waals surface area contributed by atoms with E-state index in [1.807, 2.05) is 26.5 Å². The van der Waals surface area contributed by atoms with Crippen LogP contribution in [0, 0.1) is 0 Å². The lowest BCUT2D eigenvalue weighted by molar-refractivity contribution is -0.357. The fourth-order valence-corrected chi connectivity index (χ4v) is 4.77. The molecule has 1 aliphatic heterocycles. The van der Waals surface area contributed by atoms with Gasteiger partial charge in [-0.15, -0.1) is 6.58 Å². The maximum Gasteiger partial charge on any atom is 0.368 e. The fourth-order valence-electron chi connectivity index (χ4n) is 2.15. The van der Waals surface area contributed by atoms with Crippen LogP contribution in [0.2, 0.25) is 6.04 Å². The minimum atomic E-state index is -2.35. The lowest BCUT2D eigenvalue weighted by Crippen LogP contribution is -2.55. The van der Waals surface area contributed by atoms with Crippen molar-refractivity contribution < 1.29 is 18.3 Å². The average molecular weight is 260 g/mol. The van der Waals surface area contributed by atoms with Gasteiger partial charge in [0.05, 0.1) is 0 Å². The molecule has 1 atom stereocenters. The molecule has 1 aliphatic rings. The van der Waals surface area contributed by atoms with E-state index in [1.165, 1.54) is 0 Å². The van der Waals surface area contributed by atoms with Crippen LogP contribution in [0.4, 0.5) is 0 Å². The van der Waals surface area contributed by atoms with Crippen LogP contribution in [-0.2, 0) is 18.3 Å². The zero-order valence-corrected chi connectivity index (χ0v) is 12.2. The highest BCUT2D eigenvalue weighted by Crippen LogP contribution is 2.36. The minimum Gasteiger partial charge on any atom is -0.392 e. The van der Waals surface area contributed by atoms with Crippen molar-refractivity contribution in [2.24, 2.45) is 0 Å². The van der Waals surface area contributed by atoms with Crippen molar-refractivity contribution in [1.29, 1.82) is 0 Å². The Morgan fingerprint density at radius 2 is 1.88 bits per heavy atom. The van der Waals surface area contributed by atoms with Crippen molar-refractivity contribution in [3.05, 3.63) is 12.3 Å². The molecule has 0 bridgehead atoms. The summed E-state index contributed by atoms with van der Waals surface area (Å²) in [5.74, 6) is -0.919. The van der Waals surface area contributed by atoms with Crippen LogP contribution in [0.5, 0.6) is 0 Å². The van der Waals surface area contributed by atoms with E-state index in [0.29, 0.717) is 19.8 Å². The zero-order valence-electron chi connectivity index (χ0n) is 11.2. The third kappa shape index (κ3) is 3.63. The van der Waals surface area contributed by atoms with Gasteiger partial charge in [-0.1, -0.05) is 0 Å². The van der Waals surface area contributed by atoms with Crippen molar-refractivity contribution in [3.63, 3.8) is 0 Å². The van der Waals surface area contributed by atoms with Gasteiger partial charge in [-0.05, 0) is 38.9 Å². The fraction of sp³-hybridized carbons (Fsp3) is 0.833. The Kier molecular flexibility index (Phi) is 5.82. The standard InChI is InChI=1S/C12H24O4Si/c1-5-13-12(14-6-2)10-9-11-17(8-4,16-12)15-7-3/h8H,4-7,9-11H2,1-3H3. The molecule has 0 aromatic rings. The van der Waals surface area contributed by atoms with Crippen molar-refractivity contribution in [3.8, 4) is 0 Å². The van der Waals surface area contributed by atoms with Gasteiger partial charge in [0, 0.05) is 26.2 Å². The predicted molar refractivity (Wildman–Crippen MR) is 68.7 cm³/mol. The van der Waals surface area contributed by atoms with Gasteiger partial charge in [-0.3, -0.25) is 0 Å². The second kappa shape index (κ2) is 6.66. The molecule has 5 heteroatoms. The summed E-state index contributed by atoms with van der Waals surface area (Å²) in [5.41, 5.74) is 1.84. The molecule has 0 spiro atoms. The van der Waals surface area contributed by atoms with Gasteiger partial charge in [0.1, 0.15) is 0 Å². The summed E-state index contributed by atoms with van der Waals surface area (Å²) in [6.07, 6.45) is 1.74. The van der Waals surface area contributed by atoms with Crippen LogP contribution in [0.15, 0.2) is 12.3 Å². The van der Waals surface area contributed by atoms with Crippen LogP contribution in [-0.4, -0.2) is 34.4 Å². The van der Waals surface area contributed by atoms with E-state index < -0.39 is 14.5 Å². The normalized spacial score (nSPS) is 27.9. The van der Waals surface area contributed by atoms with E-state index in [-0.39, 0.29) is 0 Å². The highest BCUT2D eigenvalue weighted by atomic mass is 28.4. The van der Waals surface area contributed by atoms with Gasteiger partial charge in [0.15, 0.2) is 0 Å². The average Bonchev–Trinajstić information content (AvgIpc) is 2.30. The summed E-state index contributed by atoms with van der Waals surface area (Å²) in [6.45, 7) is 11.5. The van der Waals surface area contributed by atoms with Gasteiger partial charge >= 0.3 is 8.56 Å². The number of hydrogen-bond acceptors (Lipinski definition) is 4. The molecule has 0 aromatic carbocycles. The molecule has 1 rings (SSSR count). The van der Waals surface area contributed by atoms with E-state index in [9.17, 15) is 0 Å². The summed E-state index contributed by atoms with van der Waals surface area (Å²) in [4.78, 5) is 0. The van der Waals surface area contributed by atoms with Crippen LogP contribution in [0.3, 0.4) is 0 Å². The van der Waals surface area contributed by atoms with Crippen LogP contribution in [0.25, 0.3) is 0 Å². The molecular formula is C12H24O4Si. The number of hydrogen-bond donors (Lipinski definition) is 0. The summed E-state index contributed by atoms with van der Waals surface area (Å²) < 4.78 is 23.2. The number of rotatable bonds is 7. The lowest BCUT2D eigenvalue weighted by Gasteiger charge is -2.43. The van der Waals surface area contributed by atoms with E-state index in [1.54, 1.807) is 0 Å². The molecule has 0 aromatic heterocycles. The molecule has 17 heavy (non-hydrogen) atoms. The molecule has 100 valence electrons. The highest BCUT2D eigenvalue weighted by Gasteiger charge is 2.49. The quantitative estimate of drug-likeness (QED) is 0.521. The Bertz CT molecular complexity index is 231. The Labute approximate surface area is 105 Å². The Morgan fingerprint density at radius 3 is 2.35 bits per heavy atom. The first-order valence-electron chi connectivity index (χ1n) is 6.41. The predicted octanol–water partition coefficient (Wildman–Crippen LogP) is 2.73. The summed E-state index contributed by atoms with van der Waals surface area (Å²) in [5, 5.41) is 0. The van der Waals surface area contributed by atoms with Gasteiger partial charge in [0.25, 0.3) is 5.97 Å². The Balaban J connectivity index is 2.81. The molecule has 1 saturated heterocycles. The van der Waals surface area contributed by atoms with Crippen molar-refractivity contribution >= 4 is 8.56 Å². The van der Waals surface area contributed by atoms with E-state index >= 15 is 0 Å². The first-order chi connectivity index (χ1) is 8.16. The van der Waals surface area contributed by atoms with Crippen LogP contribution >= 0.6 is 0 Å². The third-order valence-corrected chi connectivity index (χ3v) is 5.87. The van der Waals surface area contributed by atoms with Gasteiger partial charge in [0.2, 0.25) is 0 Å². The largest absolute Gasteiger partial charge is 0.392 e. The summed E-state index contributed by atoms with van der Waals surface area (Å²) in [7, 11) is -2.35. The van der Waals surface area contributed by atoms with E-state index in [4.69, 9.17) is 18.3 Å². The monoisotopic (exact) mass is 260 g/mol. The molecule has 0 amide bonds. The van der Waals surface area contributed by atoms with Crippen molar-refractivity contribution in [2.45, 2.75) is 45.6 Å². The smallest absolute Gasteiger partial charge is 0.368 e. The molecule has 1 unspecified atom stereocenters. The maximum atomic E-state index is 6.09. The summed E-state index contributed by atoms with van der Waals surface area (Å²) in [6, 6.07) is 0.923. The second-order valence-electron chi connectivity index (χ2n) is 3.95. The van der Waals surface area contributed by atoms with Crippen LogP contribution < -0.4 is 0 Å². The number of ether oxygens (including phenoxy) is 2. The van der Waals surface area contributed by atoms with E-state index in [0.717, 1.165) is 18.9 Å². The zero-order chi connectivity index (χ0) is 12.8. The first kappa shape index (κ1) is 14.9. The van der Waals surface area contributed by atoms with Crippen LogP contribution in [0.1, 0.15) is 33.6 Å². The molecule has 1 fully saturated rings. The Hall–Kier alpha value is -0.203. The molecule has 4 nitrogen and oxygen atoms in total. The highest BCUT2D eigenvalue weighted by molar-refractivity contribution is 6.72. The SMILES string of the molecule is C=C[Si]1(OCC)CCCC(OCC)(OCC)O1. The Morgan fingerprint density at radius 1 is 1.24 bits per heavy atom. The van der Waals surface area contributed by atoms with Gasteiger partial charge < -0.3 is 18.3 Å². The molecule has 0 aliphatic carbocycles. The minimum absolute atomic E-state index is 0.563. The maximum absolute atomic E-state index is 6.09. The van der Waals surface area contributed by atoms with Crippen molar-refractivity contribution in [2.75, 3.05) is 19.8 Å². The lowest BCUT2D eigenvalue weighted by atomic mass is 10.3. The second-order valence-corrected chi connectivity index (χ2v) is 6.98. The third-order valence-electron chi connectivity index (χ3n) is 2.76. The molecule has 0 radical (unpaired) electrons. The van der Waals surface area contributed by atoms with Gasteiger partial charge in [-0.2, -0.15) is 0 Å². The molecular weight excluding hydrogens is 236 g/mol. The van der Waals surface area contributed by atoms with Gasteiger partial charge in [-0.25, -0.2) is 0 Å². The van der Waals surface area contributed by atoms with E-state index in [2.05, 4.69) is 6.58 Å². The molecule has 1 heterocycles. The molecule has 0 saturated carbocycles.